The van der Waals surface area contributed by atoms with Gasteiger partial charge in [-0.3, -0.25) is 0 Å². The molecule has 0 bridgehead atoms. The van der Waals surface area contributed by atoms with E-state index in [4.69, 9.17) is 4.74 Å². The highest BCUT2D eigenvalue weighted by Crippen LogP contribution is 2.28. The van der Waals surface area contributed by atoms with E-state index in [1.54, 1.807) is 11.0 Å². The van der Waals surface area contributed by atoms with Crippen molar-refractivity contribution >= 4 is 11.8 Å². The minimum absolute atomic E-state index is 0.302. The molecular weight excluding hydrogens is 350 g/mol. The van der Waals surface area contributed by atoms with Gasteiger partial charge in [-0.2, -0.15) is 0 Å². The Morgan fingerprint density at radius 1 is 1.00 bits per heavy atom. The maximum Gasteiger partial charge on any atom is 0.410 e. The van der Waals surface area contributed by atoms with Crippen LogP contribution in [0.25, 0.3) is 11.1 Å². The predicted molar refractivity (Wildman–Crippen MR) is 102 cm³/mol. The van der Waals surface area contributed by atoms with E-state index in [-0.39, 0.29) is 6.09 Å². The highest BCUT2D eigenvalue weighted by atomic mass is 19.1. The van der Waals surface area contributed by atoms with Crippen LogP contribution >= 0.6 is 0 Å². The molecule has 1 heterocycles. The zero-order chi connectivity index (χ0) is 19.6. The van der Waals surface area contributed by atoms with Gasteiger partial charge in [-0.15, -0.1) is 0 Å². The first-order valence-electron chi connectivity index (χ1n) is 9.01. The van der Waals surface area contributed by atoms with E-state index >= 15 is 0 Å². The first-order valence-corrected chi connectivity index (χ1v) is 9.01. The van der Waals surface area contributed by atoms with Gasteiger partial charge >= 0.3 is 6.09 Å². The van der Waals surface area contributed by atoms with Gasteiger partial charge in [-0.1, -0.05) is 12.1 Å². The monoisotopic (exact) mass is 374 g/mol. The lowest BCUT2D eigenvalue weighted by Gasteiger charge is -2.36. The van der Waals surface area contributed by atoms with Crippen molar-refractivity contribution in [2.45, 2.75) is 26.4 Å². The van der Waals surface area contributed by atoms with Crippen molar-refractivity contribution in [2.75, 3.05) is 31.1 Å². The molecule has 4 nitrogen and oxygen atoms in total. The number of hydrogen-bond acceptors (Lipinski definition) is 3. The summed E-state index contributed by atoms with van der Waals surface area (Å²) in [5.74, 6) is -1.17. The number of carbonyl (C=O) groups is 1. The Bertz CT molecular complexity index is 825. The normalized spacial score (nSPS) is 15.0. The van der Waals surface area contributed by atoms with Gasteiger partial charge in [0.15, 0.2) is 0 Å². The molecule has 144 valence electrons. The van der Waals surface area contributed by atoms with Crippen molar-refractivity contribution in [1.29, 1.82) is 0 Å². The zero-order valence-corrected chi connectivity index (χ0v) is 15.8. The summed E-state index contributed by atoms with van der Waals surface area (Å²) in [7, 11) is 0. The fourth-order valence-corrected chi connectivity index (χ4v) is 3.07. The van der Waals surface area contributed by atoms with E-state index in [1.165, 1.54) is 12.1 Å². The second-order valence-electron chi connectivity index (χ2n) is 7.63. The van der Waals surface area contributed by atoms with Crippen molar-refractivity contribution in [1.82, 2.24) is 4.90 Å². The first kappa shape index (κ1) is 19.1. The highest BCUT2D eigenvalue weighted by Gasteiger charge is 2.26. The van der Waals surface area contributed by atoms with Crippen LogP contribution in [0, 0.1) is 11.6 Å². The Kier molecular flexibility index (Phi) is 5.35. The molecule has 1 aliphatic rings. The molecule has 3 rings (SSSR count). The Hall–Kier alpha value is -2.63. The Morgan fingerprint density at radius 3 is 2.33 bits per heavy atom. The Morgan fingerprint density at radius 2 is 1.70 bits per heavy atom. The number of nitrogens with zero attached hydrogens (tertiary/aromatic N) is 2. The number of halogens is 2. The molecule has 0 unspecified atom stereocenters. The minimum Gasteiger partial charge on any atom is -0.444 e. The number of carbonyl (C=O) groups excluding carboxylic acids is 1. The van der Waals surface area contributed by atoms with Crippen molar-refractivity contribution in [2.24, 2.45) is 0 Å². The molecule has 0 aromatic heterocycles. The van der Waals surface area contributed by atoms with Crippen LogP contribution in [-0.4, -0.2) is 42.8 Å². The van der Waals surface area contributed by atoms with Gasteiger partial charge in [0.2, 0.25) is 0 Å². The third-order valence-corrected chi connectivity index (χ3v) is 4.38. The minimum atomic E-state index is -0.592. The topological polar surface area (TPSA) is 32.8 Å². The Balaban J connectivity index is 1.69. The summed E-state index contributed by atoms with van der Waals surface area (Å²) in [5, 5.41) is 0. The molecule has 1 saturated heterocycles. The van der Waals surface area contributed by atoms with Crippen LogP contribution in [-0.2, 0) is 4.74 Å². The molecule has 27 heavy (non-hydrogen) atoms. The average Bonchev–Trinajstić information content (AvgIpc) is 2.60. The molecule has 1 aliphatic heterocycles. The smallest absolute Gasteiger partial charge is 0.410 e. The first-order chi connectivity index (χ1) is 12.7. The lowest BCUT2D eigenvalue weighted by Crippen LogP contribution is -2.50. The molecule has 0 atom stereocenters. The summed E-state index contributed by atoms with van der Waals surface area (Å²) in [6.45, 7) is 7.99. The second kappa shape index (κ2) is 7.55. The van der Waals surface area contributed by atoms with Gasteiger partial charge in [0.1, 0.15) is 17.2 Å². The summed E-state index contributed by atoms with van der Waals surface area (Å²) < 4.78 is 32.6. The van der Waals surface area contributed by atoms with E-state index in [0.29, 0.717) is 37.3 Å². The maximum absolute atomic E-state index is 14.1. The number of hydrogen-bond donors (Lipinski definition) is 0. The van der Waals surface area contributed by atoms with Gasteiger partial charge in [0.05, 0.1) is 0 Å². The van der Waals surface area contributed by atoms with Crippen LogP contribution in [0.3, 0.4) is 0 Å². The SMILES string of the molecule is CC(C)(C)OC(=O)N1CCN(c2cccc(-c3ccc(F)cc3F)c2)CC1. The largest absolute Gasteiger partial charge is 0.444 e. The molecular formula is C21H24F2N2O2. The summed E-state index contributed by atoms with van der Waals surface area (Å²) >= 11 is 0. The Labute approximate surface area is 158 Å². The molecule has 6 heteroatoms. The van der Waals surface area contributed by atoms with Crippen LogP contribution < -0.4 is 4.90 Å². The lowest BCUT2D eigenvalue weighted by molar-refractivity contribution is 0.0240. The van der Waals surface area contributed by atoms with Crippen molar-refractivity contribution in [3.05, 3.63) is 54.1 Å². The summed E-state index contributed by atoms with van der Waals surface area (Å²) in [4.78, 5) is 16.0. The van der Waals surface area contributed by atoms with Crippen molar-refractivity contribution in [3.8, 4) is 11.1 Å². The van der Waals surface area contributed by atoms with Gasteiger partial charge < -0.3 is 14.5 Å². The van der Waals surface area contributed by atoms with Crippen LogP contribution in [0.15, 0.2) is 42.5 Å². The van der Waals surface area contributed by atoms with Gasteiger partial charge in [0, 0.05) is 43.5 Å². The molecule has 1 fully saturated rings. The van der Waals surface area contributed by atoms with Crippen molar-refractivity contribution in [3.63, 3.8) is 0 Å². The van der Waals surface area contributed by atoms with Gasteiger partial charge in [-0.05, 0) is 50.6 Å². The highest BCUT2D eigenvalue weighted by molar-refractivity contribution is 5.70. The second-order valence-corrected chi connectivity index (χ2v) is 7.63. The van der Waals surface area contributed by atoms with Crippen LogP contribution in [0.4, 0.5) is 19.3 Å². The van der Waals surface area contributed by atoms with Crippen molar-refractivity contribution < 1.29 is 18.3 Å². The number of piperazine rings is 1. The molecule has 0 aliphatic carbocycles. The van der Waals surface area contributed by atoms with Gasteiger partial charge in [0.25, 0.3) is 0 Å². The summed E-state index contributed by atoms with van der Waals surface area (Å²) in [6.07, 6.45) is -0.302. The fourth-order valence-electron chi connectivity index (χ4n) is 3.07. The van der Waals surface area contributed by atoms with Crippen LogP contribution in [0.5, 0.6) is 0 Å². The summed E-state index contributed by atoms with van der Waals surface area (Å²) in [5.41, 5.74) is 1.49. The molecule has 0 radical (unpaired) electrons. The van der Waals surface area contributed by atoms with Crippen LogP contribution in [0.2, 0.25) is 0 Å². The number of anilines is 1. The van der Waals surface area contributed by atoms with E-state index in [0.717, 1.165) is 11.8 Å². The molecule has 1 amide bonds. The van der Waals surface area contributed by atoms with Gasteiger partial charge in [-0.25, -0.2) is 13.6 Å². The van der Waals surface area contributed by atoms with E-state index in [1.807, 2.05) is 39.0 Å². The number of benzene rings is 2. The standard InChI is InChI=1S/C21H24F2N2O2/c1-21(2,3)27-20(26)25-11-9-24(10-12-25)17-6-4-5-15(13-17)18-8-7-16(22)14-19(18)23/h4-8,13-14H,9-12H2,1-3H3. The molecule has 0 N–H and O–H groups in total. The molecule has 0 saturated carbocycles. The predicted octanol–water partition coefficient (Wildman–Crippen LogP) is 4.69. The third kappa shape index (κ3) is 4.76. The maximum atomic E-state index is 14.1. The zero-order valence-electron chi connectivity index (χ0n) is 15.8. The van der Waals surface area contributed by atoms with E-state index in [9.17, 15) is 13.6 Å². The quantitative estimate of drug-likeness (QED) is 0.765. The third-order valence-electron chi connectivity index (χ3n) is 4.38. The van der Waals surface area contributed by atoms with Crippen LogP contribution in [0.1, 0.15) is 20.8 Å². The average molecular weight is 374 g/mol. The summed E-state index contributed by atoms with van der Waals surface area (Å²) in [6, 6.07) is 11.1. The van der Waals surface area contributed by atoms with E-state index in [2.05, 4.69) is 4.90 Å². The molecule has 2 aromatic rings. The van der Waals surface area contributed by atoms with E-state index < -0.39 is 17.2 Å². The number of amides is 1. The lowest BCUT2D eigenvalue weighted by atomic mass is 10.0. The molecule has 2 aromatic carbocycles. The fraction of sp³-hybridized carbons (Fsp3) is 0.381. The number of ether oxygens (including phenoxy) is 1. The molecule has 0 spiro atoms. The number of rotatable bonds is 2.